The molecule has 13 nitrogen and oxygen atoms in total. The number of carbonyl (C=O) groups is 2. The van der Waals surface area contributed by atoms with E-state index in [0.29, 0.717) is 0 Å². The molecule has 32 heavy (non-hydrogen) atoms. The fourth-order valence-electron chi connectivity index (χ4n) is 3.95. The topological polar surface area (TPSA) is 174 Å². The Morgan fingerprint density at radius 1 is 1.34 bits per heavy atom. The molecule has 0 aliphatic carbocycles. The molecule has 0 bridgehead atoms. The van der Waals surface area contributed by atoms with Crippen LogP contribution in [0.15, 0.2) is 29.3 Å². The maximum atomic E-state index is 12.9. The molecule has 0 spiro atoms. The Balaban J connectivity index is 1.55. The summed E-state index contributed by atoms with van der Waals surface area (Å²) in [6.45, 7) is 2.52. The van der Waals surface area contributed by atoms with Crippen LogP contribution in [0.2, 0.25) is 0 Å². The molecule has 2 aliphatic rings. The molecule has 2 fully saturated rings. The van der Waals surface area contributed by atoms with E-state index in [-0.39, 0.29) is 28.7 Å². The lowest BCUT2D eigenvalue weighted by Gasteiger charge is -2.37. The van der Waals surface area contributed by atoms with Gasteiger partial charge in [0.05, 0.1) is 24.1 Å². The summed E-state index contributed by atoms with van der Waals surface area (Å²) in [6, 6.07) is -1.49. The Morgan fingerprint density at radius 2 is 2.03 bits per heavy atom. The number of hydrogen-bond acceptors (Lipinski definition) is 9. The van der Waals surface area contributed by atoms with E-state index in [4.69, 9.17) is 0 Å². The molecule has 4 heterocycles. The van der Waals surface area contributed by atoms with Crippen LogP contribution in [0.4, 0.5) is 0 Å². The molecular weight excluding hydrogens is 464 g/mol. The van der Waals surface area contributed by atoms with Crippen molar-refractivity contribution in [2.75, 3.05) is 5.75 Å². The molecule has 0 radical (unpaired) electrons. The number of imidazole rings is 1. The summed E-state index contributed by atoms with van der Waals surface area (Å²) in [4.78, 5) is 28.8. The number of carbonyl (C=O) groups excluding carboxylic acids is 1. The van der Waals surface area contributed by atoms with E-state index < -0.39 is 47.7 Å². The summed E-state index contributed by atoms with van der Waals surface area (Å²) in [5.41, 5.74) is 0.0451. The molecule has 172 valence electrons. The number of hydrogen-bond donors (Lipinski definition) is 1. The van der Waals surface area contributed by atoms with Crippen LogP contribution in [-0.4, -0.2) is 85.2 Å². The first kappa shape index (κ1) is 22.1. The third-order valence-corrected chi connectivity index (χ3v) is 10.1. The first-order chi connectivity index (χ1) is 14.8. The molecule has 1 N–H and O–H groups in total. The highest BCUT2D eigenvalue weighted by molar-refractivity contribution is 7.94. The fourth-order valence-corrected chi connectivity index (χ4v) is 7.40. The van der Waals surface area contributed by atoms with Crippen molar-refractivity contribution in [3.8, 4) is 0 Å². The van der Waals surface area contributed by atoms with Crippen LogP contribution >= 0.6 is 0 Å². The van der Waals surface area contributed by atoms with Crippen molar-refractivity contribution in [1.29, 1.82) is 0 Å². The van der Waals surface area contributed by atoms with Gasteiger partial charge in [0, 0.05) is 19.4 Å². The predicted octanol–water partition coefficient (Wildman–Crippen LogP) is -1.30. The molecule has 15 heteroatoms. The third kappa shape index (κ3) is 3.06. The van der Waals surface area contributed by atoms with Gasteiger partial charge >= 0.3 is 5.97 Å². The second kappa shape index (κ2) is 6.96. The van der Waals surface area contributed by atoms with Gasteiger partial charge in [-0.2, -0.15) is 0 Å². The number of amides is 1. The van der Waals surface area contributed by atoms with Gasteiger partial charge in [-0.05, 0) is 19.9 Å². The van der Waals surface area contributed by atoms with Gasteiger partial charge in [-0.1, -0.05) is 5.21 Å². The Kier molecular flexibility index (Phi) is 4.82. The van der Waals surface area contributed by atoms with Crippen LogP contribution in [0.1, 0.15) is 19.5 Å². The monoisotopic (exact) mass is 484 g/mol. The van der Waals surface area contributed by atoms with Gasteiger partial charge in [0.15, 0.2) is 21.3 Å². The quantitative estimate of drug-likeness (QED) is 0.383. The zero-order chi connectivity index (χ0) is 23.6. The number of aryl methyl sites for hydroxylation is 2. The minimum atomic E-state index is -4.00. The van der Waals surface area contributed by atoms with Crippen LogP contribution < -0.4 is 0 Å². The Labute approximate surface area is 183 Å². The summed E-state index contributed by atoms with van der Waals surface area (Å²) >= 11 is 0. The normalized spacial score (nSPS) is 25.0. The van der Waals surface area contributed by atoms with Crippen LogP contribution in [-0.2, 0) is 42.9 Å². The van der Waals surface area contributed by atoms with E-state index in [0.717, 1.165) is 4.90 Å². The average molecular weight is 485 g/mol. The molecule has 4 rings (SSSR count). The van der Waals surface area contributed by atoms with Crippen molar-refractivity contribution in [3.05, 3.63) is 29.9 Å². The van der Waals surface area contributed by atoms with Gasteiger partial charge in [-0.15, -0.1) is 5.10 Å². The number of carboxylic acid groups (broad SMARTS) is 1. The second-order valence-electron chi connectivity index (χ2n) is 8.10. The van der Waals surface area contributed by atoms with Crippen molar-refractivity contribution in [2.45, 2.75) is 41.7 Å². The molecule has 0 saturated carbocycles. The Morgan fingerprint density at radius 3 is 2.62 bits per heavy atom. The number of aliphatic carboxylic acids is 1. The lowest BCUT2D eigenvalue weighted by molar-refractivity contribution is -0.152. The second-order valence-corrected chi connectivity index (χ2v) is 12.7. The minimum absolute atomic E-state index is 0.0404. The number of rotatable bonds is 6. The van der Waals surface area contributed by atoms with E-state index in [9.17, 15) is 31.5 Å². The highest BCUT2D eigenvalue weighted by atomic mass is 32.2. The maximum absolute atomic E-state index is 12.9. The van der Waals surface area contributed by atoms with Gasteiger partial charge in [0.2, 0.25) is 15.0 Å². The summed E-state index contributed by atoms with van der Waals surface area (Å²) in [7, 11) is -6.10. The van der Waals surface area contributed by atoms with Crippen molar-refractivity contribution in [3.63, 3.8) is 0 Å². The molecule has 2 aromatic heterocycles. The van der Waals surface area contributed by atoms with E-state index in [2.05, 4.69) is 15.3 Å². The fraction of sp³-hybridized carbons (Fsp3) is 0.471. The highest BCUT2D eigenvalue weighted by Crippen LogP contribution is 2.48. The molecule has 2 atom stereocenters. The number of fused-ring (bicyclic) bond motifs is 1. The summed E-state index contributed by atoms with van der Waals surface area (Å²) < 4.78 is 51.5. The average Bonchev–Trinajstić information content (AvgIpc) is 3.35. The van der Waals surface area contributed by atoms with Gasteiger partial charge in [0.1, 0.15) is 10.4 Å². The predicted molar refractivity (Wildman–Crippen MR) is 108 cm³/mol. The number of nitrogens with zero attached hydrogens (tertiary/aromatic N) is 6. The molecule has 2 aliphatic heterocycles. The molecule has 0 aromatic carbocycles. The molecular formula is C17H20N6O7S2. The summed E-state index contributed by atoms with van der Waals surface area (Å²) in [5.74, 6) is -2.40. The summed E-state index contributed by atoms with van der Waals surface area (Å²) in [6.07, 6.45) is 5.49. The molecule has 0 unspecified atom stereocenters. The van der Waals surface area contributed by atoms with Crippen LogP contribution in [0, 0.1) is 0 Å². The van der Waals surface area contributed by atoms with E-state index >= 15 is 0 Å². The van der Waals surface area contributed by atoms with E-state index in [1.54, 1.807) is 7.05 Å². The van der Waals surface area contributed by atoms with Crippen molar-refractivity contribution in [1.82, 2.24) is 29.4 Å². The molecule has 1 amide bonds. The number of aromatic nitrogens is 5. The molecule has 2 aromatic rings. The van der Waals surface area contributed by atoms with Gasteiger partial charge in [-0.25, -0.2) is 26.6 Å². The highest BCUT2D eigenvalue weighted by Gasteiger charge is 2.70. The van der Waals surface area contributed by atoms with Gasteiger partial charge < -0.3 is 14.6 Å². The standard InChI is InChI=1S/C17H20N6O7S2/c1-17(2)12(15(25)26)23-13(24)11(14(23)32(17,29)30)8-10-9-22(20-19-10)6-7-31(27,28)16-18-4-5-21(16)3/h4-5,8-9,12,14H,6-7H2,1-3H3,(H,25,26)/b11-8-/t12-,14+/m0/s1. The zero-order valence-corrected chi connectivity index (χ0v) is 18.9. The number of β-lactam (4-membered cyclic amide) rings is 1. The van der Waals surface area contributed by atoms with Crippen molar-refractivity contribution < 1.29 is 31.5 Å². The number of sulfone groups is 2. The molecule has 2 saturated heterocycles. The van der Waals surface area contributed by atoms with Crippen LogP contribution in [0.25, 0.3) is 6.08 Å². The lowest BCUT2D eigenvalue weighted by atomic mass is 9.95. The van der Waals surface area contributed by atoms with Crippen LogP contribution in [0.5, 0.6) is 0 Å². The van der Waals surface area contributed by atoms with Gasteiger partial charge in [-0.3, -0.25) is 9.48 Å². The maximum Gasteiger partial charge on any atom is 0.328 e. The van der Waals surface area contributed by atoms with E-state index in [1.807, 2.05) is 0 Å². The van der Waals surface area contributed by atoms with Gasteiger partial charge in [0.25, 0.3) is 5.91 Å². The Bertz CT molecular complexity index is 1370. The van der Waals surface area contributed by atoms with Crippen molar-refractivity contribution in [2.24, 2.45) is 7.05 Å². The van der Waals surface area contributed by atoms with E-state index in [1.165, 1.54) is 47.8 Å². The van der Waals surface area contributed by atoms with Crippen molar-refractivity contribution >= 4 is 37.6 Å². The lowest BCUT2D eigenvalue weighted by Crippen LogP contribution is -2.58. The number of carboxylic acids is 1. The first-order valence-corrected chi connectivity index (χ1v) is 12.6. The minimum Gasteiger partial charge on any atom is -0.480 e. The Hall–Kier alpha value is -3.07. The third-order valence-electron chi connectivity index (χ3n) is 5.70. The zero-order valence-electron chi connectivity index (χ0n) is 17.3. The van der Waals surface area contributed by atoms with Crippen LogP contribution in [0.3, 0.4) is 0 Å². The summed E-state index contributed by atoms with van der Waals surface area (Å²) in [5, 5.41) is 15.7. The smallest absolute Gasteiger partial charge is 0.328 e. The first-order valence-electron chi connectivity index (χ1n) is 9.40. The largest absolute Gasteiger partial charge is 0.480 e. The SMILES string of the molecule is Cn1ccnc1S(=O)(=O)CCn1cc(/C=C2/C(=O)N3[C@@H](C(=O)O)C(C)(C)S(=O)(=O)[C@H]23)nn1.